The predicted octanol–water partition coefficient (Wildman–Crippen LogP) is 1.99. The van der Waals surface area contributed by atoms with Gasteiger partial charge >= 0.3 is 0 Å². The van der Waals surface area contributed by atoms with Crippen LogP contribution in [0.5, 0.6) is 0 Å². The van der Waals surface area contributed by atoms with Crippen molar-refractivity contribution in [1.82, 2.24) is 14.5 Å². The van der Waals surface area contributed by atoms with Crippen molar-refractivity contribution in [3.63, 3.8) is 0 Å². The Morgan fingerprint density at radius 2 is 1.84 bits per heavy atom. The number of nitrogens with one attached hydrogen (secondary N) is 1. The first-order chi connectivity index (χ1) is 11.8. The maximum atomic E-state index is 12.8. The Hall–Kier alpha value is -1.12. The number of carbonyl (C=O) groups excluding carboxylic acids is 1. The molecule has 1 heterocycles. The Morgan fingerprint density at radius 1 is 1.28 bits per heavy atom. The lowest BCUT2D eigenvalue weighted by atomic mass is 10.2. The largest absolute Gasteiger partial charge is 0.351 e. The molecule has 0 aliphatic carbocycles. The standard InChI is InChI=1S/C16H21Cl2N3O3S/c1-3-7-19-16(22)12(2)20-8-10-21(11-9-20)25(23,24)15-13(17)5-4-6-14(15)18/h3-6,12H,1,7-11H2,2H3,(H,19,22). The summed E-state index contributed by atoms with van der Waals surface area (Å²) in [5.41, 5.74) is 0. The topological polar surface area (TPSA) is 69.7 Å². The van der Waals surface area contributed by atoms with E-state index in [2.05, 4.69) is 11.9 Å². The lowest BCUT2D eigenvalue weighted by Gasteiger charge is -2.36. The number of carbonyl (C=O) groups is 1. The molecule has 1 aliphatic heterocycles. The number of hydrogen-bond donors (Lipinski definition) is 1. The number of benzene rings is 1. The maximum Gasteiger partial charge on any atom is 0.246 e. The Labute approximate surface area is 158 Å². The molecule has 1 atom stereocenters. The fraction of sp³-hybridized carbons (Fsp3) is 0.438. The lowest BCUT2D eigenvalue weighted by molar-refractivity contribution is -0.126. The van der Waals surface area contributed by atoms with E-state index < -0.39 is 10.0 Å². The number of amides is 1. The highest BCUT2D eigenvalue weighted by atomic mass is 35.5. The van der Waals surface area contributed by atoms with Crippen LogP contribution in [-0.2, 0) is 14.8 Å². The zero-order valence-corrected chi connectivity index (χ0v) is 16.2. The highest BCUT2D eigenvalue weighted by molar-refractivity contribution is 7.89. The van der Waals surface area contributed by atoms with E-state index >= 15 is 0 Å². The molecule has 0 aromatic heterocycles. The average Bonchev–Trinajstić information content (AvgIpc) is 2.58. The van der Waals surface area contributed by atoms with Gasteiger partial charge in [0.05, 0.1) is 16.1 Å². The minimum atomic E-state index is -3.78. The lowest BCUT2D eigenvalue weighted by Crippen LogP contribution is -2.54. The van der Waals surface area contributed by atoms with Crippen LogP contribution >= 0.6 is 23.2 Å². The van der Waals surface area contributed by atoms with Crippen LogP contribution in [0.2, 0.25) is 10.0 Å². The second-order valence-corrected chi connectivity index (χ2v) is 8.39. The second-order valence-electron chi connectivity index (χ2n) is 5.70. The first-order valence-corrected chi connectivity index (χ1v) is 10.1. The molecule has 2 rings (SSSR count). The second kappa shape index (κ2) is 8.51. The van der Waals surface area contributed by atoms with Crippen molar-refractivity contribution in [3.05, 3.63) is 40.9 Å². The van der Waals surface area contributed by atoms with Crippen LogP contribution in [-0.4, -0.2) is 62.3 Å². The van der Waals surface area contributed by atoms with E-state index in [1.807, 2.05) is 4.90 Å². The molecular formula is C16H21Cl2N3O3S. The van der Waals surface area contributed by atoms with Gasteiger partial charge in [-0.15, -0.1) is 6.58 Å². The van der Waals surface area contributed by atoms with E-state index in [0.29, 0.717) is 19.6 Å². The molecule has 1 amide bonds. The van der Waals surface area contributed by atoms with Gasteiger partial charge in [-0.25, -0.2) is 8.42 Å². The van der Waals surface area contributed by atoms with Crippen molar-refractivity contribution in [3.8, 4) is 0 Å². The van der Waals surface area contributed by atoms with Crippen molar-refractivity contribution >= 4 is 39.1 Å². The number of piperazine rings is 1. The monoisotopic (exact) mass is 405 g/mol. The molecule has 1 fully saturated rings. The van der Waals surface area contributed by atoms with E-state index in [1.54, 1.807) is 19.1 Å². The van der Waals surface area contributed by atoms with E-state index in [4.69, 9.17) is 23.2 Å². The zero-order valence-electron chi connectivity index (χ0n) is 13.9. The van der Waals surface area contributed by atoms with E-state index in [1.165, 1.54) is 16.4 Å². The molecule has 0 radical (unpaired) electrons. The number of nitrogens with zero attached hydrogens (tertiary/aromatic N) is 2. The van der Waals surface area contributed by atoms with Crippen LogP contribution in [0.4, 0.5) is 0 Å². The summed E-state index contributed by atoms with van der Waals surface area (Å²) in [6.45, 7) is 7.20. The molecular weight excluding hydrogens is 385 g/mol. The molecule has 25 heavy (non-hydrogen) atoms. The summed E-state index contributed by atoms with van der Waals surface area (Å²) in [5, 5.41) is 2.95. The Balaban J connectivity index is 2.06. The zero-order chi connectivity index (χ0) is 18.6. The van der Waals surface area contributed by atoms with Crippen molar-refractivity contribution in [2.75, 3.05) is 32.7 Å². The van der Waals surface area contributed by atoms with Crippen LogP contribution in [0.25, 0.3) is 0 Å². The molecule has 1 aromatic carbocycles. The van der Waals surface area contributed by atoms with Gasteiger partial charge in [0.2, 0.25) is 15.9 Å². The van der Waals surface area contributed by atoms with E-state index in [-0.39, 0.29) is 40.0 Å². The minimum Gasteiger partial charge on any atom is -0.351 e. The van der Waals surface area contributed by atoms with Gasteiger partial charge in [-0.2, -0.15) is 4.31 Å². The first-order valence-electron chi connectivity index (χ1n) is 7.86. The molecule has 0 spiro atoms. The van der Waals surface area contributed by atoms with Gasteiger partial charge in [0, 0.05) is 32.7 Å². The van der Waals surface area contributed by atoms with Crippen molar-refractivity contribution in [2.24, 2.45) is 0 Å². The fourth-order valence-corrected chi connectivity index (χ4v) is 5.19. The summed E-state index contributed by atoms with van der Waals surface area (Å²) < 4.78 is 27.0. The van der Waals surface area contributed by atoms with Crippen LogP contribution < -0.4 is 5.32 Å². The van der Waals surface area contributed by atoms with Crippen LogP contribution in [0.15, 0.2) is 35.7 Å². The van der Waals surface area contributed by atoms with Gasteiger partial charge in [0.15, 0.2) is 0 Å². The van der Waals surface area contributed by atoms with Gasteiger partial charge in [-0.3, -0.25) is 9.69 Å². The van der Waals surface area contributed by atoms with Gasteiger partial charge in [0.1, 0.15) is 4.90 Å². The van der Waals surface area contributed by atoms with Gasteiger partial charge < -0.3 is 5.32 Å². The molecule has 6 nitrogen and oxygen atoms in total. The summed E-state index contributed by atoms with van der Waals surface area (Å²) in [7, 11) is -3.78. The Kier molecular flexibility index (Phi) is 6.87. The third-order valence-electron chi connectivity index (χ3n) is 4.14. The quantitative estimate of drug-likeness (QED) is 0.734. The Morgan fingerprint density at radius 3 is 2.36 bits per heavy atom. The maximum absolute atomic E-state index is 12.8. The highest BCUT2D eigenvalue weighted by Crippen LogP contribution is 2.31. The van der Waals surface area contributed by atoms with Crippen LogP contribution in [0, 0.1) is 0 Å². The SMILES string of the molecule is C=CCNC(=O)C(C)N1CCN(S(=O)(=O)c2c(Cl)cccc2Cl)CC1. The first kappa shape index (κ1) is 20.2. The summed E-state index contributed by atoms with van der Waals surface area (Å²) in [6, 6.07) is 4.27. The van der Waals surface area contributed by atoms with Gasteiger partial charge in [-0.05, 0) is 19.1 Å². The average molecular weight is 406 g/mol. The van der Waals surface area contributed by atoms with Crippen LogP contribution in [0.3, 0.4) is 0 Å². The summed E-state index contributed by atoms with van der Waals surface area (Å²) >= 11 is 12.1. The smallest absolute Gasteiger partial charge is 0.246 e. The molecule has 1 saturated heterocycles. The number of rotatable bonds is 6. The van der Waals surface area contributed by atoms with Crippen molar-refractivity contribution < 1.29 is 13.2 Å². The van der Waals surface area contributed by atoms with Crippen molar-refractivity contribution in [1.29, 1.82) is 0 Å². The molecule has 0 saturated carbocycles. The predicted molar refractivity (Wildman–Crippen MR) is 99.5 cm³/mol. The van der Waals surface area contributed by atoms with Gasteiger partial charge in [0.25, 0.3) is 0 Å². The molecule has 1 aliphatic rings. The Bertz CT molecular complexity index is 727. The minimum absolute atomic E-state index is 0.0662. The normalized spacial score (nSPS) is 17.9. The van der Waals surface area contributed by atoms with Crippen molar-refractivity contribution in [2.45, 2.75) is 17.9 Å². The molecule has 9 heteroatoms. The summed E-state index contributed by atoms with van der Waals surface area (Å²) in [6.07, 6.45) is 1.61. The number of hydrogen-bond acceptors (Lipinski definition) is 4. The van der Waals surface area contributed by atoms with E-state index in [9.17, 15) is 13.2 Å². The molecule has 0 bridgehead atoms. The fourth-order valence-electron chi connectivity index (χ4n) is 2.68. The number of halogens is 2. The van der Waals surface area contributed by atoms with Crippen LogP contribution in [0.1, 0.15) is 6.92 Å². The third-order valence-corrected chi connectivity index (χ3v) is 6.99. The molecule has 1 N–H and O–H groups in total. The van der Waals surface area contributed by atoms with E-state index in [0.717, 1.165) is 0 Å². The molecule has 138 valence electrons. The molecule has 1 aromatic rings. The summed E-state index contributed by atoms with van der Waals surface area (Å²) in [4.78, 5) is 13.9. The van der Waals surface area contributed by atoms with Gasteiger partial charge in [-0.1, -0.05) is 35.3 Å². The molecule has 1 unspecified atom stereocenters. The summed E-state index contributed by atoms with van der Waals surface area (Å²) in [5.74, 6) is -0.106. The number of sulfonamides is 1. The highest BCUT2D eigenvalue weighted by Gasteiger charge is 2.33. The third kappa shape index (κ3) is 4.54.